The number of thiazole rings is 1. The molecule has 1 fully saturated rings. The number of nitrogens with zero attached hydrogens (tertiary/aromatic N) is 2. The highest BCUT2D eigenvalue weighted by atomic mass is 32.2. The van der Waals surface area contributed by atoms with E-state index in [0.717, 1.165) is 24.1 Å². The summed E-state index contributed by atoms with van der Waals surface area (Å²) in [5.74, 6) is 0.387. The molecule has 7 heteroatoms. The van der Waals surface area contributed by atoms with Crippen molar-refractivity contribution in [2.24, 2.45) is 5.92 Å². The number of nitrogen functional groups attached to an aromatic ring is 1. The highest BCUT2D eigenvalue weighted by Crippen LogP contribution is 2.25. The summed E-state index contributed by atoms with van der Waals surface area (Å²) in [4.78, 5) is 5.16. The zero-order valence-electron chi connectivity index (χ0n) is 9.80. The maximum absolute atomic E-state index is 11.5. The van der Waals surface area contributed by atoms with Crippen LogP contribution in [0.25, 0.3) is 0 Å². The van der Waals surface area contributed by atoms with Crippen molar-refractivity contribution in [3.63, 3.8) is 0 Å². The van der Waals surface area contributed by atoms with Crippen LogP contribution >= 0.6 is 11.3 Å². The lowest BCUT2D eigenvalue weighted by Gasteiger charge is -2.30. The third-order valence-corrected chi connectivity index (χ3v) is 5.13. The fourth-order valence-corrected chi connectivity index (χ4v) is 3.94. The Morgan fingerprint density at radius 1 is 1.65 bits per heavy atom. The summed E-state index contributed by atoms with van der Waals surface area (Å²) < 4.78 is 24.5. The van der Waals surface area contributed by atoms with Gasteiger partial charge in [-0.15, -0.1) is 11.3 Å². The van der Waals surface area contributed by atoms with E-state index in [1.807, 2.05) is 0 Å². The fourth-order valence-electron chi connectivity index (χ4n) is 2.20. The van der Waals surface area contributed by atoms with Crippen LogP contribution in [0.3, 0.4) is 0 Å². The van der Waals surface area contributed by atoms with E-state index in [2.05, 4.69) is 4.98 Å². The Hall–Kier alpha value is -0.660. The Balaban J connectivity index is 1.98. The molecule has 1 aliphatic rings. The average molecular weight is 275 g/mol. The molecule has 1 aliphatic heterocycles. The number of piperidine rings is 1. The molecule has 0 spiro atoms. The van der Waals surface area contributed by atoms with Gasteiger partial charge in [0.15, 0.2) is 5.13 Å². The maximum Gasteiger partial charge on any atom is 0.211 e. The van der Waals surface area contributed by atoms with Gasteiger partial charge in [0, 0.05) is 24.2 Å². The van der Waals surface area contributed by atoms with E-state index in [1.165, 1.54) is 17.6 Å². The van der Waals surface area contributed by atoms with Crippen LogP contribution in [0.5, 0.6) is 0 Å². The third-order valence-electron chi connectivity index (χ3n) is 3.01. The first-order valence-corrected chi connectivity index (χ1v) is 8.27. The molecule has 0 bridgehead atoms. The van der Waals surface area contributed by atoms with Crippen molar-refractivity contribution < 1.29 is 8.42 Å². The van der Waals surface area contributed by atoms with Crippen LogP contribution in [-0.4, -0.2) is 37.1 Å². The zero-order chi connectivity index (χ0) is 12.5. The second-order valence-corrected chi connectivity index (χ2v) is 7.63. The lowest BCUT2D eigenvalue weighted by Crippen LogP contribution is -2.39. The van der Waals surface area contributed by atoms with Gasteiger partial charge in [0.25, 0.3) is 0 Å². The van der Waals surface area contributed by atoms with Crippen LogP contribution in [0.15, 0.2) is 6.20 Å². The number of anilines is 1. The first-order chi connectivity index (χ1) is 7.95. The van der Waals surface area contributed by atoms with Crippen molar-refractivity contribution in [3.8, 4) is 0 Å². The van der Waals surface area contributed by atoms with E-state index in [9.17, 15) is 8.42 Å². The van der Waals surface area contributed by atoms with E-state index in [4.69, 9.17) is 5.73 Å². The van der Waals surface area contributed by atoms with Crippen molar-refractivity contribution in [2.45, 2.75) is 19.3 Å². The van der Waals surface area contributed by atoms with Gasteiger partial charge < -0.3 is 5.73 Å². The molecule has 1 saturated heterocycles. The average Bonchev–Trinajstić information content (AvgIpc) is 2.63. The molecule has 2 heterocycles. The molecule has 96 valence electrons. The standard InChI is InChI=1S/C10H17N3O2S2/c1-17(14,15)13-4-2-3-8(7-13)5-9-6-12-10(11)16-9/h6,8H,2-5,7H2,1H3,(H2,11,12). The van der Waals surface area contributed by atoms with Gasteiger partial charge in [0.1, 0.15) is 0 Å². The molecule has 2 rings (SSSR count). The van der Waals surface area contributed by atoms with Crippen LogP contribution in [0.1, 0.15) is 17.7 Å². The predicted molar refractivity (Wildman–Crippen MR) is 69.4 cm³/mol. The summed E-state index contributed by atoms with van der Waals surface area (Å²) in [7, 11) is -3.05. The molecule has 1 atom stereocenters. The Morgan fingerprint density at radius 3 is 3.00 bits per heavy atom. The quantitative estimate of drug-likeness (QED) is 0.890. The zero-order valence-corrected chi connectivity index (χ0v) is 11.4. The van der Waals surface area contributed by atoms with E-state index in [0.29, 0.717) is 24.1 Å². The number of hydrogen-bond donors (Lipinski definition) is 1. The summed E-state index contributed by atoms with van der Waals surface area (Å²) in [6, 6.07) is 0. The van der Waals surface area contributed by atoms with Crippen LogP contribution in [0.2, 0.25) is 0 Å². The van der Waals surface area contributed by atoms with Crippen LogP contribution < -0.4 is 5.73 Å². The molecule has 0 saturated carbocycles. The van der Waals surface area contributed by atoms with E-state index < -0.39 is 10.0 Å². The molecule has 0 aromatic carbocycles. The second-order valence-electron chi connectivity index (χ2n) is 4.50. The topological polar surface area (TPSA) is 76.3 Å². The number of sulfonamides is 1. The van der Waals surface area contributed by atoms with Gasteiger partial charge in [0.05, 0.1) is 6.26 Å². The first kappa shape index (κ1) is 12.8. The number of aromatic nitrogens is 1. The van der Waals surface area contributed by atoms with E-state index >= 15 is 0 Å². The van der Waals surface area contributed by atoms with E-state index in [-0.39, 0.29) is 0 Å². The first-order valence-electron chi connectivity index (χ1n) is 5.60. The molecule has 1 aromatic heterocycles. The molecule has 2 N–H and O–H groups in total. The Morgan fingerprint density at radius 2 is 2.41 bits per heavy atom. The highest BCUT2D eigenvalue weighted by Gasteiger charge is 2.26. The second kappa shape index (κ2) is 4.91. The molecular weight excluding hydrogens is 258 g/mol. The lowest BCUT2D eigenvalue weighted by atomic mass is 9.96. The molecule has 1 aromatic rings. The Labute approximate surface area is 106 Å². The molecule has 17 heavy (non-hydrogen) atoms. The summed E-state index contributed by atoms with van der Waals surface area (Å²) in [6.45, 7) is 1.27. The van der Waals surface area contributed by atoms with Gasteiger partial charge in [-0.2, -0.15) is 0 Å². The minimum absolute atomic E-state index is 0.387. The van der Waals surface area contributed by atoms with Gasteiger partial charge in [-0.05, 0) is 25.2 Å². The third kappa shape index (κ3) is 3.40. The fraction of sp³-hybridized carbons (Fsp3) is 0.700. The van der Waals surface area contributed by atoms with Gasteiger partial charge >= 0.3 is 0 Å². The minimum Gasteiger partial charge on any atom is -0.375 e. The SMILES string of the molecule is CS(=O)(=O)N1CCCC(Cc2cnc(N)s2)C1. The summed E-state index contributed by atoms with van der Waals surface area (Å²) >= 11 is 1.49. The minimum atomic E-state index is -3.05. The molecule has 1 unspecified atom stereocenters. The molecule has 0 amide bonds. The molecule has 0 radical (unpaired) electrons. The van der Waals surface area contributed by atoms with Crippen molar-refractivity contribution in [1.29, 1.82) is 0 Å². The van der Waals surface area contributed by atoms with Crippen molar-refractivity contribution >= 4 is 26.5 Å². The molecular formula is C10H17N3O2S2. The lowest BCUT2D eigenvalue weighted by molar-refractivity contribution is 0.267. The maximum atomic E-state index is 11.5. The summed E-state index contributed by atoms with van der Waals surface area (Å²) in [5.41, 5.74) is 5.58. The van der Waals surface area contributed by atoms with Gasteiger partial charge in [0.2, 0.25) is 10.0 Å². The number of hydrogen-bond acceptors (Lipinski definition) is 5. The number of rotatable bonds is 3. The Bertz CT molecular complexity index is 483. The largest absolute Gasteiger partial charge is 0.375 e. The van der Waals surface area contributed by atoms with Crippen molar-refractivity contribution in [3.05, 3.63) is 11.1 Å². The van der Waals surface area contributed by atoms with Gasteiger partial charge in [-0.25, -0.2) is 17.7 Å². The van der Waals surface area contributed by atoms with Gasteiger partial charge in [-0.3, -0.25) is 0 Å². The molecule has 0 aliphatic carbocycles. The van der Waals surface area contributed by atoms with Crippen LogP contribution in [-0.2, 0) is 16.4 Å². The van der Waals surface area contributed by atoms with Crippen LogP contribution in [0, 0.1) is 5.92 Å². The monoisotopic (exact) mass is 275 g/mol. The molecule has 5 nitrogen and oxygen atoms in total. The number of nitrogens with two attached hydrogens (primary N) is 1. The summed E-state index contributed by atoms with van der Waals surface area (Å²) in [6.07, 6.45) is 5.95. The van der Waals surface area contributed by atoms with Crippen LogP contribution in [0.4, 0.5) is 5.13 Å². The normalized spacial score (nSPS) is 22.8. The van der Waals surface area contributed by atoms with E-state index in [1.54, 1.807) is 10.5 Å². The smallest absolute Gasteiger partial charge is 0.211 e. The summed E-state index contributed by atoms with van der Waals surface area (Å²) in [5, 5.41) is 0.579. The van der Waals surface area contributed by atoms with Crippen molar-refractivity contribution in [1.82, 2.24) is 9.29 Å². The van der Waals surface area contributed by atoms with Crippen molar-refractivity contribution in [2.75, 3.05) is 25.1 Å². The Kier molecular flexibility index (Phi) is 3.70. The highest BCUT2D eigenvalue weighted by molar-refractivity contribution is 7.88. The van der Waals surface area contributed by atoms with Gasteiger partial charge in [-0.1, -0.05) is 0 Å². The predicted octanol–water partition coefficient (Wildman–Crippen LogP) is 0.939.